The Morgan fingerprint density at radius 3 is 2.79 bits per heavy atom. The van der Waals surface area contributed by atoms with Crippen molar-refractivity contribution in [3.63, 3.8) is 0 Å². The number of fused-ring (bicyclic) bond motifs is 2. The zero-order valence-electron chi connectivity index (χ0n) is 15.4. The molecule has 0 saturated carbocycles. The second-order valence-corrected chi connectivity index (χ2v) is 6.60. The van der Waals surface area contributed by atoms with E-state index in [4.69, 9.17) is 10.5 Å². The van der Waals surface area contributed by atoms with Crippen molar-refractivity contribution < 1.29 is 4.74 Å². The fraction of sp³-hybridized carbons (Fsp3) is 0.0909. The van der Waals surface area contributed by atoms with Crippen LogP contribution in [0.2, 0.25) is 0 Å². The van der Waals surface area contributed by atoms with Gasteiger partial charge in [0.05, 0.1) is 17.8 Å². The molecule has 6 heteroatoms. The molecule has 138 valence electrons. The SMILES string of the molecule is CCOc1ccccc1-c1cc2c(-c3ccc4[nH]nc(N)c4c3)ccnc2[nH]1. The number of rotatable bonds is 4. The van der Waals surface area contributed by atoms with Crippen LogP contribution in [0.15, 0.2) is 60.8 Å². The molecule has 0 atom stereocenters. The van der Waals surface area contributed by atoms with Gasteiger partial charge in [-0.2, -0.15) is 5.10 Å². The van der Waals surface area contributed by atoms with E-state index in [-0.39, 0.29) is 0 Å². The summed E-state index contributed by atoms with van der Waals surface area (Å²) in [6.07, 6.45) is 1.81. The van der Waals surface area contributed by atoms with Gasteiger partial charge in [-0.15, -0.1) is 0 Å². The second kappa shape index (κ2) is 6.42. The Kier molecular flexibility index (Phi) is 3.76. The standard InChI is InChI=1S/C22H19N5O/c1-2-28-20-6-4-3-5-15(20)19-12-16-14(9-10-24-22(16)25-19)13-7-8-18-17(11-13)21(23)27-26-18/h3-12H,2H2,1H3,(H,24,25)(H3,23,26,27). The lowest BCUT2D eigenvalue weighted by atomic mass is 10.0. The normalized spacial score (nSPS) is 11.3. The number of aromatic nitrogens is 4. The highest BCUT2D eigenvalue weighted by molar-refractivity contribution is 6.00. The van der Waals surface area contributed by atoms with Crippen LogP contribution in [0.25, 0.3) is 44.3 Å². The molecule has 0 spiro atoms. The first kappa shape index (κ1) is 16.4. The summed E-state index contributed by atoms with van der Waals surface area (Å²) in [6, 6.07) is 18.3. The maximum absolute atomic E-state index is 5.99. The number of anilines is 1. The van der Waals surface area contributed by atoms with Crippen LogP contribution in [0.1, 0.15) is 6.92 Å². The fourth-order valence-electron chi connectivity index (χ4n) is 3.60. The molecule has 28 heavy (non-hydrogen) atoms. The first-order valence-corrected chi connectivity index (χ1v) is 9.18. The van der Waals surface area contributed by atoms with Crippen molar-refractivity contribution in [1.29, 1.82) is 0 Å². The average molecular weight is 369 g/mol. The van der Waals surface area contributed by atoms with Crippen molar-refractivity contribution in [3.8, 4) is 28.1 Å². The van der Waals surface area contributed by atoms with Crippen LogP contribution in [-0.4, -0.2) is 26.8 Å². The Morgan fingerprint density at radius 1 is 1.00 bits per heavy atom. The summed E-state index contributed by atoms with van der Waals surface area (Å²) in [5, 5.41) is 8.99. The number of H-pyrrole nitrogens is 2. The van der Waals surface area contributed by atoms with Crippen LogP contribution in [0, 0.1) is 0 Å². The van der Waals surface area contributed by atoms with E-state index in [1.165, 1.54) is 0 Å². The van der Waals surface area contributed by atoms with Gasteiger partial charge >= 0.3 is 0 Å². The van der Waals surface area contributed by atoms with E-state index in [9.17, 15) is 0 Å². The maximum Gasteiger partial charge on any atom is 0.153 e. The number of nitrogens with two attached hydrogens (primary N) is 1. The highest BCUT2D eigenvalue weighted by atomic mass is 16.5. The van der Waals surface area contributed by atoms with Crippen molar-refractivity contribution in [2.75, 3.05) is 12.3 Å². The van der Waals surface area contributed by atoms with Gasteiger partial charge in [0, 0.05) is 22.5 Å². The molecule has 6 nitrogen and oxygen atoms in total. The molecule has 0 aliphatic rings. The van der Waals surface area contributed by atoms with Crippen molar-refractivity contribution >= 4 is 27.8 Å². The van der Waals surface area contributed by atoms with E-state index in [2.05, 4.69) is 38.4 Å². The third-order valence-corrected chi connectivity index (χ3v) is 4.91. The minimum atomic E-state index is 0.502. The maximum atomic E-state index is 5.99. The summed E-state index contributed by atoms with van der Waals surface area (Å²) in [5.41, 5.74) is 11.9. The van der Waals surface area contributed by atoms with Crippen molar-refractivity contribution in [2.24, 2.45) is 0 Å². The number of hydrogen-bond acceptors (Lipinski definition) is 4. The Morgan fingerprint density at radius 2 is 1.89 bits per heavy atom. The molecular formula is C22H19N5O. The first-order valence-electron chi connectivity index (χ1n) is 9.18. The predicted octanol–water partition coefficient (Wildman–Crippen LogP) is 4.75. The lowest BCUT2D eigenvalue weighted by Gasteiger charge is -2.08. The van der Waals surface area contributed by atoms with E-state index >= 15 is 0 Å². The third-order valence-electron chi connectivity index (χ3n) is 4.91. The van der Waals surface area contributed by atoms with E-state index in [1.807, 2.05) is 49.5 Å². The lowest BCUT2D eigenvalue weighted by molar-refractivity contribution is 0.341. The molecule has 5 aromatic rings. The third kappa shape index (κ3) is 2.58. The number of pyridine rings is 1. The first-order chi connectivity index (χ1) is 13.7. The van der Waals surface area contributed by atoms with Gasteiger partial charge in [0.1, 0.15) is 11.4 Å². The highest BCUT2D eigenvalue weighted by Crippen LogP contribution is 2.35. The van der Waals surface area contributed by atoms with Crippen LogP contribution in [0.5, 0.6) is 5.75 Å². The van der Waals surface area contributed by atoms with Crippen molar-refractivity contribution in [1.82, 2.24) is 20.2 Å². The zero-order valence-corrected chi connectivity index (χ0v) is 15.4. The minimum Gasteiger partial charge on any atom is -0.493 e. The van der Waals surface area contributed by atoms with Crippen LogP contribution in [0.3, 0.4) is 0 Å². The number of nitrogen functional groups attached to an aromatic ring is 1. The molecule has 0 aliphatic carbocycles. The van der Waals surface area contributed by atoms with Gasteiger partial charge < -0.3 is 15.5 Å². The summed E-state index contributed by atoms with van der Waals surface area (Å²) in [7, 11) is 0. The molecule has 0 bridgehead atoms. The Bertz CT molecular complexity index is 1300. The second-order valence-electron chi connectivity index (χ2n) is 6.60. The minimum absolute atomic E-state index is 0.502. The molecule has 0 aliphatic heterocycles. The molecule has 0 unspecified atom stereocenters. The monoisotopic (exact) mass is 369 g/mol. The number of hydrogen-bond donors (Lipinski definition) is 3. The Hall–Kier alpha value is -3.80. The van der Waals surface area contributed by atoms with Gasteiger partial charge in [-0.05, 0) is 54.4 Å². The largest absolute Gasteiger partial charge is 0.493 e. The average Bonchev–Trinajstić information content (AvgIpc) is 3.32. The van der Waals surface area contributed by atoms with Gasteiger partial charge in [-0.25, -0.2) is 4.98 Å². The zero-order chi connectivity index (χ0) is 19.1. The summed E-state index contributed by atoms with van der Waals surface area (Å²) >= 11 is 0. The quantitative estimate of drug-likeness (QED) is 0.426. The van der Waals surface area contributed by atoms with E-state index in [0.29, 0.717) is 12.4 Å². The van der Waals surface area contributed by atoms with Gasteiger partial charge in [0.25, 0.3) is 0 Å². The van der Waals surface area contributed by atoms with Crippen molar-refractivity contribution in [3.05, 3.63) is 60.8 Å². The summed E-state index contributed by atoms with van der Waals surface area (Å²) in [5.74, 6) is 1.35. The number of nitrogens with zero attached hydrogens (tertiary/aromatic N) is 2. The molecule has 2 aromatic carbocycles. The van der Waals surface area contributed by atoms with Crippen LogP contribution < -0.4 is 10.5 Å². The summed E-state index contributed by atoms with van der Waals surface area (Å²) in [6.45, 7) is 2.60. The molecule has 4 N–H and O–H groups in total. The van der Waals surface area contributed by atoms with E-state index in [0.717, 1.165) is 50.1 Å². The van der Waals surface area contributed by atoms with Crippen LogP contribution in [0.4, 0.5) is 5.82 Å². The van der Waals surface area contributed by atoms with E-state index < -0.39 is 0 Å². The molecule has 0 amide bonds. The van der Waals surface area contributed by atoms with Crippen LogP contribution in [-0.2, 0) is 0 Å². The lowest BCUT2D eigenvalue weighted by Crippen LogP contribution is -1.93. The Balaban J connectivity index is 1.68. The molecule has 0 fully saturated rings. The molecule has 3 heterocycles. The molecule has 0 radical (unpaired) electrons. The Labute approximate surface area is 161 Å². The molecule has 3 aromatic heterocycles. The van der Waals surface area contributed by atoms with Gasteiger partial charge in [-0.1, -0.05) is 18.2 Å². The van der Waals surface area contributed by atoms with Crippen molar-refractivity contribution in [2.45, 2.75) is 6.92 Å². The number of aromatic amines is 2. The molecular weight excluding hydrogens is 350 g/mol. The number of para-hydroxylation sites is 1. The highest BCUT2D eigenvalue weighted by Gasteiger charge is 2.13. The molecule has 0 saturated heterocycles. The smallest absolute Gasteiger partial charge is 0.153 e. The van der Waals surface area contributed by atoms with Gasteiger partial charge in [-0.3, -0.25) is 5.10 Å². The topological polar surface area (TPSA) is 92.6 Å². The van der Waals surface area contributed by atoms with Crippen LogP contribution >= 0.6 is 0 Å². The number of ether oxygens (including phenoxy) is 1. The number of nitrogens with one attached hydrogen (secondary N) is 2. The van der Waals surface area contributed by atoms with Gasteiger partial charge in [0.15, 0.2) is 5.82 Å². The van der Waals surface area contributed by atoms with E-state index in [1.54, 1.807) is 0 Å². The summed E-state index contributed by atoms with van der Waals surface area (Å²) in [4.78, 5) is 7.95. The summed E-state index contributed by atoms with van der Waals surface area (Å²) < 4.78 is 5.79. The fourth-order valence-corrected chi connectivity index (χ4v) is 3.60. The number of benzene rings is 2. The predicted molar refractivity (Wildman–Crippen MR) is 112 cm³/mol. The molecule has 5 rings (SSSR count). The van der Waals surface area contributed by atoms with Gasteiger partial charge in [0.2, 0.25) is 0 Å².